The van der Waals surface area contributed by atoms with E-state index in [9.17, 15) is 9.59 Å². The van der Waals surface area contributed by atoms with Crippen LogP contribution in [0.25, 0.3) is 0 Å². The number of urea groups is 1. The van der Waals surface area contributed by atoms with Crippen molar-refractivity contribution in [2.75, 3.05) is 18.4 Å². The summed E-state index contributed by atoms with van der Waals surface area (Å²) in [6.07, 6.45) is 1.97. The van der Waals surface area contributed by atoms with Crippen LogP contribution in [0.4, 0.5) is 10.6 Å². The number of nitrogens with two attached hydrogens (primary N) is 1. The SMILES string of the molecule is CC(=O)N1CCCC(c2cccc(NC(N)=O)n2)C1. The minimum Gasteiger partial charge on any atom is -0.351 e. The van der Waals surface area contributed by atoms with Gasteiger partial charge in [0.15, 0.2) is 0 Å². The molecule has 2 heterocycles. The number of piperidine rings is 1. The fourth-order valence-corrected chi connectivity index (χ4v) is 2.38. The predicted molar refractivity (Wildman–Crippen MR) is 71.7 cm³/mol. The zero-order valence-electron chi connectivity index (χ0n) is 10.9. The molecule has 1 aliphatic rings. The molecule has 6 nitrogen and oxygen atoms in total. The Bertz CT molecular complexity index is 489. The second-order valence-corrected chi connectivity index (χ2v) is 4.74. The lowest BCUT2D eigenvalue weighted by Gasteiger charge is -2.31. The molecule has 0 aromatic carbocycles. The Morgan fingerprint density at radius 1 is 1.47 bits per heavy atom. The first-order valence-corrected chi connectivity index (χ1v) is 6.35. The number of anilines is 1. The van der Waals surface area contributed by atoms with Gasteiger partial charge in [-0.25, -0.2) is 9.78 Å². The summed E-state index contributed by atoms with van der Waals surface area (Å²) in [5.74, 6) is 0.758. The number of nitrogens with one attached hydrogen (secondary N) is 1. The minimum atomic E-state index is -0.626. The van der Waals surface area contributed by atoms with Crippen LogP contribution in [0.2, 0.25) is 0 Å². The predicted octanol–water partition coefficient (Wildman–Crippen LogP) is 1.30. The van der Waals surface area contributed by atoms with Crippen molar-refractivity contribution in [2.45, 2.75) is 25.7 Å². The van der Waals surface area contributed by atoms with Crippen molar-refractivity contribution < 1.29 is 9.59 Å². The first-order valence-electron chi connectivity index (χ1n) is 6.35. The molecule has 6 heteroatoms. The highest BCUT2D eigenvalue weighted by Crippen LogP contribution is 2.26. The van der Waals surface area contributed by atoms with Crippen molar-refractivity contribution in [2.24, 2.45) is 5.73 Å². The van der Waals surface area contributed by atoms with E-state index in [4.69, 9.17) is 5.73 Å². The standard InChI is InChI=1S/C13H18N4O2/c1-9(18)17-7-3-4-10(8-17)11-5-2-6-12(15-11)16-13(14)19/h2,5-6,10H,3-4,7-8H2,1H3,(H3,14,15,16,19). The molecule has 0 radical (unpaired) electrons. The molecule has 3 amide bonds. The first kappa shape index (κ1) is 13.3. The molecule has 1 aliphatic heterocycles. The van der Waals surface area contributed by atoms with E-state index in [1.165, 1.54) is 0 Å². The topological polar surface area (TPSA) is 88.3 Å². The van der Waals surface area contributed by atoms with E-state index >= 15 is 0 Å². The fraction of sp³-hybridized carbons (Fsp3) is 0.462. The van der Waals surface area contributed by atoms with Gasteiger partial charge in [0.05, 0.1) is 0 Å². The minimum absolute atomic E-state index is 0.0936. The number of aromatic nitrogens is 1. The van der Waals surface area contributed by atoms with Crippen LogP contribution < -0.4 is 11.1 Å². The molecule has 3 N–H and O–H groups in total. The molecule has 1 aromatic heterocycles. The fourth-order valence-electron chi connectivity index (χ4n) is 2.38. The van der Waals surface area contributed by atoms with Crippen molar-refractivity contribution in [1.29, 1.82) is 0 Å². The first-order chi connectivity index (χ1) is 9.06. The van der Waals surface area contributed by atoms with Gasteiger partial charge < -0.3 is 10.6 Å². The summed E-state index contributed by atoms with van der Waals surface area (Å²) >= 11 is 0. The number of likely N-dealkylation sites (tertiary alicyclic amines) is 1. The van der Waals surface area contributed by atoms with Gasteiger partial charge in [0.25, 0.3) is 0 Å². The maximum Gasteiger partial charge on any atom is 0.317 e. The van der Waals surface area contributed by atoms with Crippen molar-refractivity contribution in [3.8, 4) is 0 Å². The zero-order valence-corrected chi connectivity index (χ0v) is 10.9. The summed E-state index contributed by atoms with van der Waals surface area (Å²) in [5.41, 5.74) is 5.96. The maximum atomic E-state index is 11.4. The molecule has 1 fully saturated rings. The highest BCUT2D eigenvalue weighted by Gasteiger charge is 2.23. The lowest BCUT2D eigenvalue weighted by atomic mass is 9.94. The third-order valence-electron chi connectivity index (χ3n) is 3.31. The smallest absolute Gasteiger partial charge is 0.317 e. The van der Waals surface area contributed by atoms with Gasteiger partial charge in [0.1, 0.15) is 5.82 Å². The van der Waals surface area contributed by atoms with Gasteiger partial charge in [-0.1, -0.05) is 6.07 Å². The van der Waals surface area contributed by atoms with Gasteiger partial charge in [0, 0.05) is 31.6 Å². The Balaban J connectivity index is 2.12. The molecule has 2 rings (SSSR count). The lowest BCUT2D eigenvalue weighted by Crippen LogP contribution is -2.37. The molecule has 0 spiro atoms. The van der Waals surface area contributed by atoms with Crippen molar-refractivity contribution in [1.82, 2.24) is 9.88 Å². The van der Waals surface area contributed by atoms with Crippen LogP contribution in [0.5, 0.6) is 0 Å². The molecule has 0 bridgehead atoms. The highest BCUT2D eigenvalue weighted by atomic mass is 16.2. The summed E-state index contributed by atoms with van der Waals surface area (Å²) in [5, 5.41) is 2.47. The molecule has 1 saturated heterocycles. The Morgan fingerprint density at radius 2 is 2.26 bits per heavy atom. The number of primary amides is 1. The molecule has 1 atom stereocenters. The zero-order chi connectivity index (χ0) is 13.8. The molecular formula is C13H18N4O2. The van der Waals surface area contributed by atoms with Gasteiger partial charge in [-0.15, -0.1) is 0 Å². The number of carbonyl (C=O) groups excluding carboxylic acids is 2. The second-order valence-electron chi connectivity index (χ2n) is 4.74. The maximum absolute atomic E-state index is 11.4. The molecule has 0 saturated carbocycles. The van der Waals surface area contributed by atoms with Crippen molar-refractivity contribution in [3.05, 3.63) is 23.9 Å². The van der Waals surface area contributed by atoms with Crippen molar-refractivity contribution in [3.63, 3.8) is 0 Å². The number of hydrogen-bond donors (Lipinski definition) is 2. The Morgan fingerprint density at radius 3 is 2.95 bits per heavy atom. The molecular weight excluding hydrogens is 244 g/mol. The quantitative estimate of drug-likeness (QED) is 0.842. The van der Waals surface area contributed by atoms with Crippen LogP contribution >= 0.6 is 0 Å². The highest BCUT2D eigenvalue weighted by molar-refractivity contribution is 5.86. The van der Waals surface area contributed by atoms with Crippen LogP contribution in [-0.2, 0) is 4.79 Å². The second kappa shape index (κ2) is 5.69. The van der Waals surface area contributed by atoms with E-state index in [2.05, 4.69) is 10.3 Å². The van der Waals surface area contributed by atoms with E-state index in [0.717, 1.165) is 25.1 Å². The van der Waals surface area contributed by atoms with Crippen LogP contribution in [0.1, 0.15) is 31.4 Å². The summed E-state index contributed by atoms with van der Waals surface area (Å²) in [6, 6.07) is 4.82. The third-order valence-corrected chi connectivity index (χ3v) is 3.31. The number of nitrogens with zero attached hydrogens (tertiary/aromatic N) is 2. The van der Waals surface area contributed by atoms with Gasteiger partial charge >= 0.3 is 6.03 Å². The Hall–Kier alpha value is -2.11. The number of rotatable bonds is 2. The van der Waals surface area contributed by atoms with E-state index in [0.29, 0.717) is 12.4 Å². The van der Waals surface area contributed by atoms with Gasteiger partial charge in [0.2, 0.25) is 5.91 Å². The van der Waals surface area contributed by atoms with E-state index in [1.54, 1.807) is 13.0 Å². The molecule has 0 aliphatic carbocycles. The average molecular weight is 262 g/mol. The lowest BCUT2D eigenvalue weighted by molar-refractivity contribution is -0.130. The molecule has 1 unspecified atom stereocenters. The number of amides is 3. The average Bonchev–Trinajstić information content (AvgIpc) is 2.38. The van der Waals surface area contributed by atoms with Gasteiger partial charge in [-0.05, 0) is 25.0 Å². The number of hydrogen-bond acceptors (Lipinski definition) is 3. The summed E-state index contributed by atoms with van der Waals surface area (Å²) in [4.78, 5) is 28.5. The monoisotopic (exact) mass is 262 g/mol. The van der Waals surface area contributed by atoms with E-state index in [1.807, 2.05) is 17.0 Å². The Kier molecular flexibility index (Phi) is 3.99. The summed E-state index contributed by atoms with van der Waals surface area (Å²) in [6.45, 7) is 3.08. The largest absolute Gasteiger partial charge is 0.351 e. The van der Waals surface area contributed by atoms with Crippen molar-refractivity contribution >= 4 is 17.8 Å². The summed E-state index contributed by atoms with van der Waals surface area (Å²) < 4.78 is 0. The van der Waals surface area contributed by atoms with Crippen LogP contribution in [-0.4, -0.2) is 34.9 Å². The van der Waals surface area contributed by atoms with Crippen LogP contribution in [0.3, 0.4) is 0 Å². The molecule has 102 valence electrons. The number of pyridine rings is 1. The van der Waals surface area contributed by atoms with Gasteiger partial charge in [-0.3, -0.25) is 10.1 Å². The van der Waals surface area contributed by atoms with Gasteiger partial charge in [-0.2, -0.15) is 0 Å². The Labute approximate surface area is 112 Å². The number of carbonyl (C=O) groups is 2. The normalized spacial score (nSPS) is 19.0. The van der Waals surface area contributed by atoms with Crippen LogP contribution in [0.15, 0.2) is 18.2 Å². The van der Waals surface area contributed by atoms with E-state index in [-0.39, 0.29) is 11.8 Å². The summed E-state index contributed by atoms with van der Waals surface area (Å²) in [7, 11) is 0. The van der Waals surface area contributed by atoms with Crippen LogP contribution in [0, 0.1) is 0 Å². The third kappa shape index (κ3) is 3.43. The molecule has 1 aromatic rings. The molecule has 19 heavy (non-hydrogen) atoms. The van der Waals surface area contributed by atoms with E-state index < -0.39 is 6.03 Å².